The molecule has 1 aromatic heterocycles. The van der Waals surface area contributed by atoms with Crippen LogP contribution in [0, 0.1) is 0 Å². The van der Waals surface area contributed by atoms with Crippen LogP contribution < -0.4 is 21.3 Å². The number of urea groups is 1. The smallest absolute Gasteiger partial charge is 0.318 e. The van der Waals surface area contributed by atoms with E-state index in [9.17, 15) is 14.4 Å². The number of rotatable bonds is 6. The van der Waals surface area contributed by atoms with Crippen LogP contribution in [0.1, 0.15) is 0 Å². The van der Waals surface area contributed by atoms with Crippen molar-refractivity contribution in [2.75, 3.05) is 5.75 Å². The zero-order chi connectivity index (χ0) is 22.5. The van der Waals surface area contributed by atoms with Gasteiger partial charge in [-0.25, -0.2) is 9.78 Å². The Hall–Kier alpha value is -4.11. The monoisotopic (exact) mass is 446 g/mol. The van der Waals surface area contributed by atoms with E-state index in [1.165, 1.54) is 4.57 Å². The van der Waals surface area contributed by atoms with Gasteiger partial charge in [-0.15, -0.1) is 0 Å². The molecule has 8 nitrogen and oxygen atoms in total. The van der Waals surface area contributed by atoms with Crippen LogP contribution in [0.5, 0.6) is 11.5 Å². The fraction of sp³-hybridized carbons (Fsp3) is 0.0435. The number of para-hydroxylation sites is 2. The predicted molar refractivity (Wildman–Crippen MR) is 122 cm³/mol. The molecule has 3 aromatic carbocycles. The van der Waals surface area contributed by atoms with Gasteiger partial charge in [-0.1, -0.05) is 42.1 Å². The molecule has 0 spiro atoms. The van der Waals surface area contributed by atoms with Gasteiger partial charge in [-0.05, 0) is 48.5 Å². The molecule has 3 amide bonds. The Morgan fingerprint density at radius 1 is 0.938 bits per heavy atom. The molecular weight excluding hydrogens is 428 g/mol. The number of ether oxygens (including phenoxy) is 1. The second-order valence-corrected chi connectivity index (χ2v) is 7.60. The number of imide groups is 1. The minimum absolute atomic E-state index is 0.136. The van der Waals surface area contributed by atoms with Crippen molar-refractivity contribution >= 4 is 34.6 Å². The molecular formula is C23H18N4O4S. The lowest BCUT2D eigenvalue weighted by molar-refractivity contribution is -0.117. The number of carbonyl (C=O) groups excluding carboxylic acids is 2. The van der Waals surface area contributed by atoms with E-state index in [2.05, 4.69) is 4.98 Å². The third kappa shape index (κ3) is 4.79. The van der Waals surface area contributed by atoms with Crippen LogP contribution in [-0.4, -0.2) is 27.2 Å². The summed E-state index contributed by atoms with van der Waals surface area (Å²) in [4.78, 5) is 40.6. The van der Waals surface area contributed by atoms with Gasteiger partial charge in [0.1, 0.15) is 11.5 Å². The molecule has 32 heavy (non-hydrogen) atoms. The van der Waals surface area contributed by atoms with Crippen molar-refractivity contribution in [1.29, 1.82) is 0 Å². The van der Waals surface area contributed by atoms with Crippen molar-refractivity contribution in [3.8, 4) is 17.2 Å². The zero-order valence-electron chi connectivity index (χ0n) is 16.7. The van der Waals surface area contributed by atoms with Crippen LogP contribution in [-0.2, 0) is 4.79 Å². The second kappa shape index (κ2) is 9.36. The number of aromatic nitrogens is 2. The molecule has 0 saturated carbocycles. The second-order valence-electron chi connectivity index (χ2n) is 6.66. The number of carbonyl (C=O) groups is 2. The van der Waals surface area contributed by atoms with E-state index in [1.807, 2.05) is 35.6 Å². The van der Waals surface area contributed by atoms with Gasteiger partial charge in [-0.3, -0.25) is 19.5 Å². The highest BCUT2D eigenvalue weighted by atomic mass is 32.2. The molecule has 0 radical (unpaired) electrons. The minimum atomic E-state index is -0.937. The maximum absolute atomic E-state index is 13.3. The van der Waals surface area contributed by atoms with Crippen LogP contribution in [0.25, 0.3) is 16.6 Å². The van der Waals surface area contributed by atoms with Crippen molar-refractivity contribution in [2.45, 2.75) is 5.16 Å². The molecule has 0 bridgehead atoms. The lowest BCUT2D eigenvalue weighted by Gasteiger charge is -2.14. The summed E-state index contributed by atoms with van der Waals surface area (Å²) in [6.07, 6.45) is 0. The van der Waals surface area contributed by atoms with Gasteiger partial charge in [0.15, 0.2) is 5.16 Å². The van der Waals surface area contributed by atoms with Crippen LogP contribution in [0.15, 0.2) is 88.8 Å². The number of amides is 3. The molecule has 9 heteroatoms. The summed E-state index contributed by atoms with van der Waals surface area (Å²) in [6, 6.07) is 22.4. The largest absolute Gasteiger partial charge is 0.457 e. The molecule has 3 N–H and O–H groups in total. The van der Waals surface area contributed by atoms with Crippen LogP contribution in [0.3, 0.4) is 0 Å². The van der Waals surface area contributed by atoms with E-state index >= 15 is 0 Å². The van der Waals surface area contributed by atoms with E-state index in [4.69, 9.17) is 10.5 Å². The first-order valence-electron chi connectivity index (χ1n) is 9.58. The fourth-order valence-corrected chi connectivity index (χ4v) is 3.84. The lowest BCUT2D eigenvalue weighted by Crippen LogP contribution is -2.36. The normalized spacial score (nSPS) is 10.6. The average Bonchev–Trinajstić information content (AvgIpc) is 2.79. The number of fused-ring (bicyclic) bond motifs is 1. The maximum Gasteiger partial charge on any atom is 0.318 e. The van der Waals surface area contributed by atoms with Crippen molar-refractivity contribution in [2.24, 2.45) is 5.73 Å². The summed E-state index contributed by atoms with van der Waals surface area (Å²) in [5, 5.41) is 2.76. The van der Waals surface area contributed by atoms with E-state index in [1.54, 1.807) is 48.5 Å². The van der Waals surface area contributed by atoms with E-state index in [0.717, 1.165) is 11.8 Å². The highest BCUT2D eigenvalue weighted by molar-refractivity contribution is 7.99. The van der Waals surface area contributed by atoms with Crippen molar-refractivity contribution in [3.05, 3.63) is 89.2 Å². The summed E-state index contributed by atoms with van der Waals surface area (Å²) >= 11 is 1.03. The van der Waals surface area contributed by atoms with Crippen molar-refractivity contribution in [3.63, 3.8) is 0 Å². The highest BCUT2D eigenvalue weighted by Crippen LogP contribution is 2.25. The van der Waals surface area contributed by atoms with Gasteiger partial charge < -0.3 is 10.5 Å². The predicted octanol–water partition coefficient (Wildman–Crippen LogP) is 3.47. The molecule has 0 saturated heterocycles. The van der Waals surface area contributed by atoms with E-state index < -0.39 is 11.9 Å². The highest BCUT2D eigenvalue weighted by Gasteiger charge is 2.15. The Labute approximate surface area is 187 Å². The summed E-state index contributed by atoms with van der Waals surface area (Å²) in [5.74, 6) is 0.587. The van der Waals surface area contributed by atoms with Crippen LogP contribution in [0.2, 0.25) is 0 Å². The summed E-state index contributed by atoms with van der Waals surface area (Å²) in [7, 11) is 0. The summed E-state index contributed by atoms with van der Waals surface area (Å²) < 4.78 is 7.24. The maximum atomic E-state index is 13.3. The number of nitrogens with zero attached hydrogens (tertiary/aromatic N) is 2. The summed E-state index contributed by atoms with van der Waals surface area (Å²) in [5.41, 5.74) is 5.79. The Kier molecular flexibility index (Phi) is 6.18. The number of thioether (sulfide) groups is 1. The van der Waals surface area contributed by atoms with Crippen molar-refractivity contribution < 1.29 is 14.3 Å². The number of nitrogens with two attached hydrogens (primary N) is 1. The topological polar surface area (TPSA) is 116 Å². The van der Waals surface area contributed by atoms with Gasteiger partial charge in [0, 0.05) is 0 Å². The van der Waals surface area contributed by atoms with E-state index in [0.29, 0.717) is 33.2 Å². The number of benzene rings is 3. The molecule has 4 aromatic rings. The Balaban J connectivity index is 1.69. The Morgan fingerprint density at radius 2 is 1.59 bits per heavy atom. The SMILES string of the molecule is NC(=O)NC(=O)CSc1nc2ccccc2c(=O)n1-c1ccc(Oc2ccccc2)cc1. The molecule has 160 valence electrons. The zero-order valence-corrected chi connectivity index (χ0v) is 17.5. The quantitative estimate of drug-likeness (QED) is 0.346. The molecule has 0 fully saturated rings. The number of hydrogen-bond donors (Lipinski definition) is 2. The molecule has 0 aliphatic rings. The molecule has 0 aliphatic carbocycles. The first-order chi connectivity index (χ1) is 15.5. The van der Waals surface area contributed by atoms with Gasteiger partial charge >= 0.3 is 6.03 Å². The molecule has 0 aliphatic heterocycles. The lowest BCUT2D eigenvalue weighted by atomic mass is 10.2. The molecule has 4 rings (SSSR count). The van der Waals surface area contributed by atoms with Gasteiger partial charge in [-0.2, -0.15) is 0 Å². The fourth-order valence-electron chi connectivity index (χ4n) is 3.03. The Bertz CT molecular complexity index is 1340. The van der Waals surface area contributed by atoms with Gasteiger partial charge in [0.05, 0.1) is 22.3 Å². The average molecular weight is 446 g/mol. The minimum Gasteiger partial charge on any atom is -0.457 e. The van der Waals surface area contributed by atoms with Crippen LogP contribution >= 0.6 is 11.8 Å². The number of hydrogen-bond acceptors (Lipinski definition) is 6. The Morgan fingerprint density at radius 3 is 2.31 bits per heavy atom. The van der Waals surface area contributed by atoms with Gasteiger partial charge in [0.25, 0.3) is 5.56 Å². The molecule has 0 atom stereocenters. The third-order valence-corrected chi connectivity index (χ3v) is 5.35. The first-order valence-corrected chi connectivity index (χ1v) is 10.6. The van der Waals surface area contributed by atoms with Crippen molar-refractivity contribution in [1.82, 2.24) is 14.9 Å². The van der Waals surface area contributed by atoms with E-state index in [-0.39, 0.29) is 11.3 Å². The first kappa shape index (κ1) is 21.1. The standard InChI is InChI=1S/C23H18N4O4S/c24-22(30)26-20(28)14-32-23-25-19-9-5-4-8-18(19)21(29)27(23)15-10-12-17(13-11-15)31-16-6-2-1-3-7-16/h1-13H,14H2,(H3,24,26,28,30). The van der Waals surface area contributed by atoms with Gasteiger partial charge in [0.2, 0.25) is 5.91 Å². The molecule has 1 heterocycles. The number of nitrogens with one attached hydrogen (secondary N) is 1. The van der Waals surface area contributed by atoms with Crippen LogP contribution in [0.4, 0.5) is 4.79 Å². The number of primary amides is 1. The summed E-state index contributed by atoms with van der Waals surface area (Å²) in [6.45, 7) is 0. The molecule has 0 unspecified atom stereocenters. The third-order valence-electron chi connectivity index (χ3n) is 4.41.